The standard InChI is InChI=1S/C24H42N8O9/c1-11(2)17(23(40)41)30-20(37)14(6-4-8-28-24(26)27)29-21(38)15-7-5-9-32(15)22(39)18(12(3)33)31-19(36)13(25)10-16(34)35/h11-15,17-18,33H,4-10,25H2,1-3H3,(H,29,38)(H,30,37)(H,31,36)(H,34,35)(H,40,41)(H4,26,27,28)/t12-,13+,14+,15+,17+,18+/m1/s1. The summed E-state index contributed by atoms with van der Waals surface area (Å²) < 4.78 is 0. The molecule has 1 rings (SSSR count). The van der Waals surface area contributed by atoms with E-state index in [2.05, 4.69) is 21.3 Å². The molecular weight excluding hydrogens is 544 g/mol. The van der Waals surface area contributed by atoms with Crippen LogP contribution in [0.15, 0.2) is 0 Å². The topological polar surface area (TPSA) is 290 Å². The summed E-state index contributed by atoms with van der Waals surface area (Å²) in [5.41, 5.74) is 10.8. The monoisotopic (exact) mass is 586 g/mol. The Kier molecular flexibility index (Phi) is 13.9. The van der Waals surface area contributed by atoms with Crippen LogP contribution in [0.25, 0.3) is 0 Å². The fourth-order valence-corrected chi connectivity index (χ4v) is 4.24. The molecule has 1 saturated heterocycles. The molecule has 12 N–H and O–H groups in total. The molecule has 0 radical (unpaired) electrons. The second kappa shape index (κ2) is 16.3. The van der Waals surface area contributed by atoms with E-state index in [9.17, 15) is 39.0 Å². The Morgan fingerprint density at radius 2 is 1.61 bits per heavy atom. The highest BCUT2D eigenvalue weighted by atomic mass is 16.4. The third-order valence-electron chi connectivity index (χ3n) is 6.46. The first kappa shape index (κ1) is 35.0. The summed E-state index contributed by atoms with van der Waals surface area (Å²) in [7, 11) is 0. The number of likely N-dealkylation sites (tertiary alicyclic amines) is 1. The molecule has 232 valence electrons. The first-order valence-corrected chi connectivity index (χ1v) is 13.2. The first-order chi connectivity index (χ1) is 19.1. The molecule has 17 heteroatoms. The lowest BCUT2D eigenvalue weighted by atomic mass is 10.0. The number of hydrogen-bond donors (Lipinski definition) is 10. The molecule has 4 amide bonds. The summed E-state index contributed by atoms with van der Waals surface area (Å²) in [6, 6.07) is -6.47. The number of rotatable bonds is 16. The van der Waals surface area contributed by atoms with Gasteiger partial charge in [-0.25, -0.2) is 4.79 Å². The van der Waals surface area contributed by atoms with Gasteiger partial charge in [0.1, 0.15) is 24.2 Å². The summed E-state index contributed by atoms with van der Waals surface area (Å²) in [6.07, 6.45) is -1.18. The van der Waals surface area contributed by atoms with Gasteiger partial charge >= 0.3 is 11.9 Å². The van der Waals surface area contributed by atoms with Crippen LogP contribution in [0.2, 0.25) is 0 Å². The predicted molar refractivity (Wildman–Crippen MR) is 144 cm³/mol. The van der Waals surface area contributed by atoms with Crippen molar-refractivity contribution in [2.24, 2.45) is 17.4 Å². The molecular formula is C24H42N8O9. The molecule has 41 heavy (non-hydrogen) atoms. The number of nitrogens with two attached hydrogens (primary N) is 2. The van der Waals surface area contributed by atoms with Gasteiger partial charge in [0, 0.05) is 13.1 Å². The lowest BCUT2D eigenvalue weighted by molar-refractivity contribution is -0.145. The van der Waals surface area contributed by atoms with Gasteiger partial charge in [-0.15, -0.1) is 0 Å². The maximum atomic E-state index is 13.3. The summed E-state index contributed by atoms with van der Waals surface area (Å²) in [6.45, 7) is 4.76. The lowest BCUT2D eigenvalue weighted by Gasteiger charge is -2.31. The zero-order valence-electron chi connectivity index (χ0n) is 23.4. The zero-order chi connectivity index (χ0) is 31.4. The smallest absolute Gasteiger partial charge is 0.326 e. The van der Waals surface area contributed by atoms with Gasteiger partial charge < -0.3 is 53.0 Å². The van der Waals surface area contributed by atoms with E-state index in [1.807, 2.05) is 0 Å². The average molecular weight is 587 g/mol. The van der Waals surface area contributed by atoms with Crippen molar-refractivity contribution >= 4 is 41.5 Å². The molecule has 0 saturated carbocycles. The number of hydrogen-bond acceptors (Lipinski definition) is 9. The third kappa shape index (κ3) is 11.2. The van der Waals surface area contributed by atoms with Gasteiger partial charge in [-0.2, -0.15) is 0 Å². The SMILES string of the molecule is CC(C)[C@H](NC(=O)[C@H](CCCNC(=N)N)NC(=O)[C@@H]1CCCN1C(=O)[C@@H](NC(=O)[C@@H](N)CC(=O)O)[C@@H](C)O)C(=O)O. The Balaban J connectivity index is 3.07. The zero-order valence-corrected chi connectivity index (χ0v) is 23.4. The number of aliphatic hydroxyl groups excluding tert-OH is 1. The molecule has 0 spiro atoms. The van der Waals surface area contributed by atoms with Crippen molar-refractivity contribution in [3.63, 3.8) is 0 Å². The van der Waals surface area contributed by atoms with Crippen LogP contribution in [0, 0.1) is 11.3 Å². The molecule has 1 aliphatic rings. The Morgan fingerprint density at radius 3 is 2.12 bits per heavy atom. The molecule has 0 aliphatic carbocycles. The number of carboxylic acids is 2. The number of aliphatic carboxylic acids is 2. The molecule has 0 aromatic carbocycles. The van der Waals surface area contributed by atoms with Gasteiger partial charge in [0.05, 0.1) is 18.6 Å². The number of carbonyl (C=O) groups excluding carboxylic acids is 4. The van der Waals surface area contributed by atoms with Crippen LogP contribution < -0.4 is 32.7 Å². The van der Waals surface area contributed by atoms with Crippen LogP contribution in [0.5, 0.6) is 0 Å². The van der Waals surface area contributed by atoms with E-state index in [0.717, 1.165) is 4.90 Å². The maximum absolute atomic E-state index is 13.3. The molecule has 17 nitrogen and oxygen atoms in total. The number of nitrogens with one attached hydrogen (secondary N) is 5. The third-order valence-corrected chi connectivity index (χ3v) is 6.46. The minimum atomic E-state index is -1.52. The van der Waals surface area contributed by atoms with E-state index >= 15 is 0 Å². The lowest BCUT2D eigenvalue weighted by Crippen LogP contribution is -2.60. The van der Waals surface area contributed by atoms with Crippen LogP contribution >= 0.6 is 0 Å². The summed E-state index contributed by atoms with van der Waals surface area (Å²) in [5, 5.41) is 45.5. The fourth-order valence-electron chi connectivity index (χ4n) is 4.24. The van der Waals surface area contributed by atoms with Crippen molar-refractivity contribution in [2.45, 2.75) is 89.2 Å². The fraction of sp³-hybridized carbons (Fsp3) is 0.708. The van der Waals surface area contributed by atoms with E-state index in [1.54, 1.807) is 13.8 Å². The molecule has 6 atom stereocenters. The van der Waals surface area contributed by atoms with Crippen molar-refractivity contribution in [3.8, 4) is 0 Å². The van der Waals surface area contributed by atoms with Gasteiger partial charge in [0.2, 0.25) is 23.6 Å². The number of guanidine groups is 1. The van der Waals surface area contributed by atoms with E-state index in [1.165, 1.54) is 6.92 Å². The maximum Gasteiger partial charge on any atom is 0.326 e. The molecule has 1 aliphatic heterocycles. The Bertz CT molecular complexity index is 990. The van der Waals surface area contributed by atoms with E-state index < -0.39 is 84.2 Å². The van der Waals surface area contributed by atoms with E-state index in [-0.39, 0.29) is 38.3 Å². The molecule has 0 aromatic rings. The highest BCUT2D eigenvalue weighted by molar-refractivity contribution is 5.96. The average Bonchev–Trinajstić information content (AvgIpc) is 3.35. The van der Waals surface area contributed by atoms with Crippen LogP contribution in [0.4, 0.5) is 0 Å². The second-order valence-corrected chi connectivity index (χ2v) is 10.2. The molecule has 0 unspecified atom stereocenters. The van der Waals surface area contributed by atoms with Gasteiger partial charge in [0.25, 0.3) is 0 Å². The molecule has 1 fully saturated rings. The Morgan fingerprint density at radius 1 is 1.00 bits per heavy atom. The van der Waals surface area contributed by atoms with Crippen LogP contribution in [-0.4, -0.2) is 111 Å². The minimum Gasteiger partial charge on any atom is -0.481 e. The number of carboxylic acid groups (broad SMARTS) is 2. The van der Waals surface area contributed by atoms with Gasteiger partial charge in [-0.05, 0) is 38.5 Å². The normalized spacial score (nSPS) is 18.4. The summed E-state index contributed by atoms with van der Waals surface area (Å²) >= 11 is 0. The van der Waals surface area contributed by atoms with Gasteiger partial charge in [0.15, 0.2) is 5.96 Å². The van der Waals surface area contributed by atoms with Crippen molar-refractivity contribution in [1.29, 1.82) is 5.41 Å². The number of carbonyl (C=O) groups is 6. The van der Waals surface area contributed by atoms with Crippen molar-refractivity contribution in [2.75, 3.05) is 13.1 Å². The van der Waals surface area contributed by atoms with Gasteiger partial charge in [-0.1, -0.05) is 13.8 Å². The quantitative estimate of drug-likeness (QED) is 0.0481. The molecule has 0 aromatic heterocycles. The molecule has 0 bridgehead atoms. The van der Waals surface area contributed by atoms with Crippen molar-refractivity contribution < 1.29 is 44.1 Å². The predicted octanol–water partition coefficient (Wildman–Crippen LogP) is -3.38. The largest absolute Gasteiger partial charge is 0.481 e. The number of amides is 4. The number of aliphatic hydroxyl groups is 1. The highest BCUT2D eigenvalue weighted by Crippen LogP contribution is 2.20. The van der Waals surface area contributed by atoms with E-state index in [4.69, 9.17) is 22.0 Å². The Hall–Kier alpha value is -3.99. The molecule has 1 heterocycles. The Labute approximate surface area is 237 Å². The summed E-state index contributed by atoms with van der Waals surface area (Å²) in [4.78, 5) is 75.6. The van der Waals surface area contributed by atoms with Crippen LogP contribution in [-0.2, 0) is 28.8 Å². The van der Waals surface area contributed by atoms with Crippen LogP contribution in [0.1, 0.15) is 52.9 Å². The van der Waals surface area contributed by atoms with Gasteiger partial charge in [-0.3, -0.25) is 29.4 Å². The second-order valence-electron chi connectivity index (χ2n) is 10.2. The van der Waals surface area contributed by atoms with E-state index in [0.29, 0.717) is 6.42 Å². The highest BCUT2D eigenvalue weighted by Gasteiger charge is 2.41. The first-order valence-electron chi connectivity index (χ1n) is 13.2. The van der Waals surface area contributed by atoms with Crippen molar-refractivity contribution in [1.82, 2.24) is 26.2 Å². The summed E-state index contributed by atoms with van der Waals surface area (Å²) in [5.74, 6) is -6.55. The van der Waals surface area contributed by atoms with Crippen LogP contribution in [0.3, 0.4) is 0 Å². The minimum absolute atomic E-state index is 0.0524. The number of nitrogens with zero attached hydrogens (tertiary/aromatic N) is 1. The van der Waals surface area contributed by atoms with Crippen molar-refractivity contribution in [3.05, 3.63) is 0 Å².